The minimum atomic E-state index is -3.06. The van der Waals surface area contributed by atoms with Crippen LogP contribution in [0.2, 0.25) is 0 Å². The van der Waals surface area contributed by atoms with Gasteiger partial charge in [0, 0.05) is 16.8 Å². The molecule has 0 heterocycles. The molecule has 4 nitrogen and oxygen atoms in total. The van der Waals surface area contributed by atoms with Gasteiger partial charge in [-0.3, -0.25) is 11.3 Å². The summed E-state index contributed by atoms with van der Waals surface area (Å²) in [6.45, 7) is 0. The summed E-state index contributed by atoms with van der Waals surface area (Å²) in [7, 11) is -3.06. The number of nitrogens with one attached hydrogen (secondary N) is 1. The highest BCUT2D eigenvalue weighted by Crippen LogP contribution is 2.22. The number of hydrazine groups is 1. The van der Waals surface area contributed by atoms with E-state index in [2.05, 4.69) is 21.4 Å². The molecule has 1 rings (SSSR count). The van der Waals surface area contributed by atoms with Crippen LogP contribution in [0.25, 0.3) is 0 Å². The zero-order valence-electron chi connectivity index (χ0n) is 9.28. The van der Waals surface area contributed by atoms with Crippen LogP contribution in [0.15, 0.2) is 22.7 Å². The number of hydrogen-bond donors (Lipinski definition) is 2. The van der Waals surface area contributed by atoms with Crippen molar-refractivity contribution in [3.63, 3.8) is 0 Å². The summed E-state index contributed by atoms with van der Waals surface area (Å²) < 4.78 is 35.9. The Labute approximate surface area is 108 Å². The molecule has 0 radical (unpaired) electrons. The lowest BCUT2D eigenvalue weighted by molar-refractivity contribution is 0.526. The van der Waals surface area contributed by atoms with Gasteiger partial charge < -0.3 is 0 Å². The molecule has 1 unspecified atom stereocenters. The Kier molecular flexibility index (Phi) is 5.05. The largest absolute Gasteiger partial charge is 0.271 e. The average Bonchev–Trinajstić information content (AvgIpc) is 2.15. The molecular weight excluding hydrogens is 311 g/mol. The molecule has 0 saturated heterocycles. The van der Waals surface area contributed by atoms with Gasteiger partial charge in [0.15, 0.2) is 0 Å². The van der Waals surface area contributed by atoms with Crippen LogP contribution in [0.5, 0.6) is 0 Å². The van der Waals surface area contributed by atoms with Gasteiger partial charge in [-0.05, 0) is 30.2 Å². The van der Waals surface area contributed by atoms with Crippen LogP contribution in [-0.2, 0) is 9.84 Å². The smallest absolute Gasteiger partial charge is 0.147 e. The second-order valence-corrected chi connectivity index (χ2v) is 7.02. The third-order valence-electron chi connectivity index (χ3n) is 2.27. The highest BCUT2D eigenvalue weighted by molar-refractivity contribution is 9.10. The SMILES string of the molecule is CS(=O)(=O)CCC(NN)c1cc(F)cc(Br)c1. The quantitative estimate of drug-likeness (QED) is 0.636. The first-order valence-electron chi connectivity index (χ1n) is 4.91. The van der Waals surface area contributed by atoms with Crippen molar-refractivity contribution in [2.45, 2.75) is 12.5 Å². The molecule has 0 amide bonds. The number of benzene rings is 1. The Morgan fingerprint density at radius 3 is 2.59 bits per heavy atom. The predicted molar refractivity (Wildman–Crippen MR) is 68.5 cm³/mol. The maximum atomic E-state index is 13.2. The summed E-state index contributed by atoms with van der Waals surface area (Å²) in [5.41, 5.74) is 3.11. The van der Waals surface area contributed by atoms with Gasteiger partial charge in [-0.15, -0.1) is 0 Å². The fourth-order valence-electron chi connectivity index (χ4n) is 1.45. The molecule has 0 bridgehead atoms. The van der Waals surface area contributed by atoms with E-state index in [1.54, 1.807) is 6.07 Å². The molecular formula is C10H14BrFN2O2S. The van der Waals surface area contributed by atoms with Crippen molar-refractivity contribution in [1.82, 2.24) is 5.43 Å². The maximum absolute atomic E-state index is 13.2. The Morgan fingerprint density at radius 1 is 1.47 bits per heavy atom. The van der Waals surface area contributed by atoms with E-state index in [1.165, 1.54) is 12.1 Å². The number of sulfone groups is 1. The van der Waals surface area contributed by atoms with E-state index in [4.69, 9.17) is 5.84 Å². The van der Waals surface area contributed by atoms with Crippen LogP contribution in [0, 0.1) is 5.82 Å². The molecule has 3 N–H and O–H groups in total. The zero-order valence-corrected chi connectivity index (χ0v) is 11.7. The van der Waals surface area contributed by atoms with Crippen molar-refractivity contribution in [2.24, 2.45) is 5.84 Å². The molecule has 1 atom stereocenters. The molecule has 0 aliphatic carbocycles. The molecule has 0 saturated carbocycles. The molecule has 0 aliphatic heterocycles. The van der Waals surface area contributed by atoms with E-state index in [0.29, 0.717) is 16.5 Å². The number of hydrogen-bond acceptors (Lipinski definition) is 4. The van der Waals surface area contributed by atoms with Crippen LogP contribution in [0.4, 0.5) is 4.39 Å². The molecule has 96 valence electrons. The van der Waals surface area contributed by atoms with Crippen molar-refractivity contribution in [1.29, 1.82) is 0 Å². The first-order chi connectivity index (χ1) is 7.81. The standard InChI is InChI=1S/C10H14BrFN2O2S/c1-17(15,16)3-2-10(14-13)7-4-8(11)6-9(12)5-7/h4-6,10,14H,2-3,13H2,1H3. The van der Waals surface area contributed by atoms with Crippen molar-refractivity contribution in [2.75, 3.05) is 12.0 Å². The molecule has 1 aromatic carbocycles. The summed E-state index contributed by atoms with van der Waals surface area (Å²) in [5, 5.41) is 0. The van der Waals surface area contributed by atoms with E-state index in [9.17, 15) is 12.8 Å². The zero-order chi connectivity index (χ0) is 13.1. The molecule has 0 fully saturated rings. The second-order valence-electron chi connectivity index (χ2n) is 3.84. The van der Waals surface area contributed by atoms with E-state index in [-0.39, 0.29) is 5.75 Å². The predicted octanol–water partition coefficient (Wildman–Crippen LogP) is 1.53. The first-order valence-corrected chi connectivity index (χ1v) is 7.77. The third-order valence-corrected chi connectivity index (χ3v) is 3.70. The Morgan fingerprint density at radius 2 is 2.12 bits per heavy atom. The fourth-order valence-corrected chi connectivity index (χ4v) is 2.60. The number of rotatable bonds is 5. The van der Waals surface area contributed by atoms with Crippen LogP contribution in [-0.4, -0.2) is 20.4 Å². The Bertz CT molecular complexity index is 473. The third kappa shape index (κ3) is 5.12. The lowest BCUT2D eigenvalue weighted by Crippen LogP contribution is -2.29. The minimum absolute atomic E-state index is 0.00397. The van der Waals surface area contributed by atoms with Gasteiger partial charge in [-0.1, -0.05) is 15.9 Å². The van der Waals surface area contributed by atoms with Crippen LogP contribution in [0.3, 0.4) is 0 Å². The van der Waals surface area contributed by atoms with E-state index < -0.39 is 21.7 Å². The fraction of sp³-hybridized carbons (Fsp3) is 0.400. The number of halogens is 2. The van der Waals surface area contributed by atoms with E-state index >= 15 is 0 Å². The van der Waals surface area contributed by atoms with Gasteiger partial charge in [-0.25, -0.2) is 12.8 Å². The summed E-state index contributed by atoms with van der Waals surface area (Å²) in [5.74, 6) is 4.95. The number of nitrogens with two attached hydrogens (primary N) is 1. The molecule has 1 aromatic rings. The van der Waals surface area contributed by atoms with Gasteiger partial charge in [0.05, 0.1) is 5.75 Å². The van der Waals surface area contributed by atoms with Crippen molar-refractivity contribution >= 4 is 25.8 Å². The highest BCUT2D eigenvalue weighted by atomic mass is 79.9. The first kappa shape index (κ1) is 14.6. The lowest BCUT2D eigenvalue weighted by atomic mass is 10.1. The van der Waals surface area contributed by atoms with Gasteiger partial charge in [0.2, 0.25) is 0 Å². The van der Waals surface area contributed by atoms with E-state index in [0.717, 1.165) is 6.26 Å². The maximum Gasteiger partial charge on any atom is 0.147 e. The Balaban J connectivity index is 2.86. The van der Waals surface area contributed by atoms with Crippen molar-refractivity contribution in [3.05, 3.63) is 34.1 Å². The van der Waals surface area contributed by atoms with Crippen molar-refractivity contribution in [3.8, 4) is 0 Å². The monoisotopic (exact) mass is 324 g/mol. The van der Waals surface area contributed by atoms with E-state index in [1.807, 2.05) is 0 Å². The molecule has 0 spiro atoms. The molecule has 17 heavy (non-hydrogen) atoms. The van der Waals surface area contributed by atoms with Gasteiger partial charge in [0.25, 0.3) is 0 Å². The van der Waals surface area contributed by atoms with Crippen LogP contribution < -0.4 is 11.3 Å². The second kappa shape index (κ2) is 5.90. The van der Waals surface area contributed by atoms with Gasteiger partial charge >= 0.3 is 0 Å². The highest BCUT2D eigenvalue weighted by Gasteiger charge is 2.14. The minimum Gasteiger partial charge on any atom is -0.271 e. The van der Waals surface area contributed by atoms with Gasteiger partial charge in [-0.2, -0.15) is 0 Å². The topological polar surface area (TPSA) is 72.2 Å². The van der Waals surface area contributed by atoms with Gasteiger partial charge in [0.1, 0.15) is 15.7 Å². The molecule has 0 aromatic heterocycles. The van der Waals surface area contributed by atoms with Crippen LogP contribution >= 0.6 is 15.9 Å². The van der Waals surface area contributed by atoms with Crippen molar-refractivity contribution < 1.29 is 12.8 Å². The molecule has 7 heteroatoms. The summed E-state index contributed by atoms with van der Waals surface area (Å²) in [6, 6.07) is 3.97. The molecule has 0 aliphatic rings. The summed E-state index contributed by atoms with van der Waals surface area (Å²) in [4.78, 5) is 0. The summed E-state index contributed by atoms with van der Waals surface area (Å²) in [6.07, 6.45) is 1.45. The van der Waals surface area contributed by atoms with Crippen LogP contribution in [0.1, 0.15) is 18.0 Å². The lowest BCUT2D eigenvalue weighted by Gasteiger charge is -2.16. The summed E-state index contributed by atoms with van der Waals surface area (Å²) >= 11 is 3.17. The Hall–Kier alpha value is -0.500. The average molecular weight is 325 g/mol. The normalized spacial score (nSPS) is 13.6.